The highest BCUT2D eigenvalue weighted by Gasteiger charge is 2.42. The van der Waals surface area contributed by atoms with E-state index in [1.165, 1.54) is 14.2 Å². The van der Waals surface area contributed by atoms with Crippen LogP contribution in [0.15, 0.2) is 65.9 Å². The van der Waals surface area contributed by atoms with Crippen molar-refractivity contribution in [1.29, 1.82) is 0 Å². The predicted octanol–water partition coefficient (Wildman–Crippen LogP) is 5.85. The Balaban J connectivity index is 0.952. The van der Waals surface area contributed by atoms with E-state index in [1.807, 2.05) is 11.1 Å². The van der Waals surface area contributed by atoms with Crippen molar-refractivity contribution < 1.29 is 28.7 Å². The van der Waals surface area contributed by atoms with Crippen LogP contribution in [0.2, 0.25) is 0 Å². The van der Waals surface area contributed by atoms with E-state index < -0.39 is 18.2 Å². The number of ether oxygens (including phenoxy) is 2. The summed E-state index contributed by atoms with van der Waals surface area (Å²) in [4.78, 5) is 66.9. The van der Waals surface area contributed by atoms with Crippen molar-refractivity contribution in [1.82, 2.24) is 30.4 Å². The Kier molecular flexibility index (Phi) is 10.6. The van der Waals surface area contributed by atoms with Crippen molar-refractivity contribution in [3.05, 3.63) is 72.3 Å². The molecule has 3 aromatic rings. The Hall–Kier alpha value is -5.46. The van der Waals surface area contributed by atoms with Gasteiger partial charge in [0.15, 0.2) is 0 Å². The summed E-state index contributed by atoms with van der Waals surface area (Å²) in [5.74, 6) is 0.447. The van der Waals surface area contributed by atoms with Gasteiger partial charge in [-0.05, 0) is 73.3 Å². The summed E-state index contributed by atoms with van der Waals surface area (Å²) in [6.07, 6.45) is 9.28. The fourth-order valence-corrected chi connectivity index (χ4v) is 8.29. The zero-order valence-corrected chi connectivity index (χ0v) is 30.5. The number of H-pyrrole nitrogens is 1. The minimum Gasteiger partial charge on any atom is -0.453 e. The van der Waals surface area contributed by atoms with Crippen LogP contribution in [0.4, 0.5) is 9.59 Å². The summed E-state index contributed by atoms with van der Waals surface area (Å²) < 4.78 is 9.44. The average molecular weight is 722 g/mol. The van der Waals surface area contributed by atoms with E-state index in [4.69, 9.17) is 9.73 Å². The van der Waals surface area contributed by atoms with E-state index in [-0.39, 0.29) is 35.9 Å². The maximum atomic E-state index is 13.7. The Morgan fingerprint density at radius 2 is 1.43 bits per heavy atom. The largest absolute Gasteiger partial charge is 0.453 e. The molecule has 2 aromatic carbocycles. The molecule has 5 atom stereocenters. The van der Waals surface area contributed by atoms with Gasteiger partial charge in [0.05, 0.1) is 44.1 Å². The number of hydrogen-bond donors (Lipinski definition) is 3. The number of aromatic amines is 1. The fraction of sp³-hybridized carbons (Fsp3) is 0.450. The van der Waals surface area contributed by atoms with Gasteiger partial charge < -0.3 is 34.9 Å². The lowest BCUT2D eigenvalue weighted by molar-refractivity contribution is -0.136. The van der Waals surface area contributed by atoms with Crippen LogP contribution < -0.4 is 10.6 Å². The van der Waals surface area contributed by atoms with Crippen molar-refractivity contribution >= 4 is 35.3 Å². The molecule has 53 heavy (non-hydrogen) atoms. The number of methoxy groups -OCH3 is 2. The van der Waals surface area contributed by atoms with Crippen molar-refractivity contribution in [2.45, 2.75) is 82.5 Å². The Morgan fingerprint density at radius 1 is 0.792 bits per heavy atom. The molecule has 3 aliphatic heterocycles. The number of allylic oxidation sites excluding steroid dienone is 1. The molecule has 1 aromatic heterocycles. The molecule has 3 N–H and O–H groups in total. The number of nitrogens with zero attached hydrogens (tertiary/aromatic N) is 4. The van der Waals surface area contributed by atoms with Gasteiger partial charge in [-0.2, -0.15) is 0 Å². The fourth-order valence-electron chi connectivity index (χ4n) is 8.29. The number of aliphatic imine (C=N–C) groups is 1. The average Bonchev–Trinajstić information content (AvgIpc) is 4.04. The first-order valence-corrected chi connectivity index (χ1v) is 18.6. The number of carbonyl (C=O) groups excluding carboxylic acids is 4. The zero-order chi connectivity index (χ0) is 37.1. The van der Waals surface area contributed by atoms with Crippen LogP contribution in [0.5, 0.6) is 0 Å². The maximum absolute atomic E-state index is 13.7. The third-order valence-electron chi connectivity index (χ3n) is 11.1. The van der Waals surface area contributed by atoms with Crippen LogP contribution in [-0.2, 0) is 19.1 Å². The van der Waals surface area contributed by atoms with Crippen molar-refractivity contribution in [2.75, 3.05) is 27.3 Å². The smallest absolute Gasteiger partial charge is 0.407 e. The van der Waals surface area contributed by atoms with E-state index >= 15 is 0 Å². The van der Waals surface area contributed by atoms with Gasteiger partial charge in [-0.15, -0.1) is 0 Å². The van der Waals surface area contributed by atoms with Crippen molar-refractivity contribution in [3.8, 4) is 22.4 Å². The van der Waals surface area contributed by atoms with E-state index in [0.717, 1.165) is 90.0 Å². The number of aromatic nitrogens is 2. The Morgan fingerprint density at radius 3 is 2.13 bits per heavy atom. The van der Waals surface area contributed by atoms with E-state index in [1.54, 1.807) is 18.0 Å². The SMILES string of the molecule is COC(=O)N[C@@H](C)C(=O)N1CCC[C@H]1c1ncc(-c2ccc(-c3ccc(C4=CN=C([C@@H]5CCCN5C(=O)[C@H]5CCC[C@@H]5NC(=O)OC)C4)cc3)cc2)[nH]1. The molecule has 1 aliphatic carbocycles. The molecular formula is C40H47N7O6. The second-order valence-electron chi connectivity index (χ2n) is 14.3. The quantitative estimate of drug-likeness (QED) is 0.250. The number of rotatable bonds is 9. The summed E-state index contributed by atoms with van der Waals surface area (Å²) in [6, 6.07) is 15.7. The minimum absolute atomic E-state index is 0.0157. The molecular weight excluding hydrogens is 674 g/mol. The van der Waals surface area contributed by atoms with Gasteiger partial charge in [-0.25, -0.2) is 14.6 Å². The molecule has 1 saturated carbocycles. The van der Waals surface area contributed by atoms with Gasteiger partial charge in [0.2, 0.25) is 11.8 Å². The van der Waals surface area contributed by atoms with Crippen LogP contribution in [0.25, 0.3) is 28.0 Å². The molecule has 13 nitrogen and oxygen atoms in total. The number of hydrogen-bond acceptors (Lipinski definition) is 8. The molecule has 4 aliphatic rings. The lowest BCUT2D eigenvalue weighted by atomic mass is 9.95. The summed E-state index contributed by atoms with van der Waals surface area (Å²) in [5, 5.41) is 5.43. The molecule has 0 spiro atoms. The second kappa shape index (κ2) is 15.6. The number of amides is 4. The number of alkyl carbamates (subject to hydrolysis) is 2. The number of carbonyl (C=O) groups is 4. The van der Waals surface area contributed by atoms with Gasteiger partial charge in [0, 0.05) is 37.5 Å². The standard InChI is InChI=1S/C40H47N7O6/c1-24(43-39(50)52-2)37(48)47-20-6-10-35(47)36-42-23-33(44-36)28-17-15-26(16-18-28)25-11-13-27(14-12-25)29-21-32(41-22-29)34-9-5-19-46(34)38(49)30-7-4-8-31(30)45-40(51)53-3/h11-18,22-24,30-31,34-35H,4-10,19-21H2,1-3H3,(H,42,44)(H,43,50)(H,45,51)/t24-,30-,31-,34-,35-/m0/s1. The van der Waals surface area contributed by atoms with Crippen LogP contribution in [0, 0.1) is 5.92 Å². The molecule has 13 heteroatoms. The first kappa shape index (κ1) is 35.9. The summed E-state index contributed by atoms with van der Waals surface area (Å²) in [7, 11) is 2.62. The van der Waals surface area contributed by atoms with Crippen molar-refractivity contribution in [2.24, 2.45) is 10.9 Å². The highest BCUT2D eigenvalue weighted by Crippen LogP contribution is 2.36. The number of imidazole rings is 1. The van der Waals surface area contributed by atoms with Gasteiger partial charge in [-0.3, -0.25) is 14.6 Å². The molecule has 7 rings (SSSR count). The van der Waals surface area contributed by atoms with Gasteiger partial charge in [0.1, 0.15) is 11.9 Å². The second-order valence-corrected chi connectivity index (χ2v) is 14.3. The van der Waals surface area contributed by atoms with Crippen molar-refractivity contribution in [3.63, 3.8) is 0 Å². The maximum Gasteiger partial charge on any atom is 0.407 e. The topological polar surface area (TPSA) is 158 Å². The molecule has 2 saturated heterocycles. The highest BCUT2D eigenvalue weighted by molar-refractivity contribution is 6.03. The van der Waals surface area contributed by atoms with Crippen LogP contribution in [-0.4, -0.2) is 94.9 Å². The summed E-state index contributed by atoms with van der Waals surface area (Å²) in [6.45, 7) is 2.97. The molecule has 0 radical (unpaired) electrons. The minimum atomic E-state index is -0.699. The van der Waals surface area contributed by atoms with Crippen LogP contribution in [0.3, 0.4) is 0 Å². The number of nitrogens with one attached hydrogen (secondary N) is 3. The van der Waals surface area contributed by atoms with E-state index in [0.29, 0.717) is 19.5 Å². The first-order valence-electron chi connectivity index (χ1n) is 18.6. The van der Waals surface area contributed by atoms with Gasteiger partial charge in [-0.1, -0.05) is 55.0 Å². The Labute approximate surface area is 309 Å². The first-order chi connectivity index (χ1) is 25.7. The number of likely N-dealkylation sites (tertiary alicyclic amines) is 2. The summed E-state index contributed by atoms with van der Waals surface area (Å²) in [5.41, 5.74) is 7.32. The third kappa shape index (κ3) is 7.56. The third-order valence-corrected chi connectivity index (χ3v) is 11.1. The van der Waals surface area contributed by atoms with Crippen LogP contribution >= 0.6 is 0 Å². The molecule has 4 amide bonds. The van der Waals surface area contributed by atoms with Gasteiger partial charge >= 0.3 is 12.2 Å². The molecule has 4 heterocycles. The lowest BCUT2D eigenvalue weighted by Crippen LogP contribution is -2.48. The molecule has 3 fully saturated rings. The normalized spacial score (nSPS) is 23.0. The lowest BCUT2D eigenvalue weighted by Gasteiger charge is -2.30. The number of benzene rings is 2. The Bertz CT molecular complexity index is 1900. The van der Waals surface area contributed by atoms with E-state index in [9.17, 15) is 19.2 Å². The molecule has 0 unspecified atom stereocenters. The summed E-state index contributed by atoms with van der Waals surface area (Å²) >= 11 is 0. The van der Waals surface area contributed by atoms with Crippen LogP contribution in [0.1, 0.15) is 75.7 Å². The monoisotopic (exact) mass is 721 g/mol. The van der Waals surface area contributed by atoms with E-state index in [2.05, 4.69) is 73.9 Å². The molecule has 278 valence electrons. The molecule has 0 bridgehead atoms. The predicted molar refractivity (Wildman–Crippen MR) is 200 cm³/mol. The zero-order valence-electron chi connectivity index (χ0n) is 30.5. The highest BCUT2D eigenvalue weighted by atomic mass is 16.5. The van der Waals surface area contributed by atoms with Gasteiger partial charge in [0.25, 0.3) is 0 Å².